The molecule has 27 heavy (non-hydrogen) atoms. The maximum atomic E-state index is 13.0. The Morgan fingerprint density at radius 2 is 1.70 bits per heavy atom. The molecule has 0 saturated carbocycles. The summed E-state index contributed by atoms with van der Waals surface area (Å²) in [6.45, 7) is 0.887. The quantitative estimate of drug-likeness (QED) is 0.485. The zero-order chi connectivity index (χ0) is 19.2. The van der Waals surface area contributed by atoms with Gasteiger partial charge in [-0.3, -0.25) is 0 Å². The first-order valence-electron chi connectivity index (χ1n) is 8.31. The molecule has 0 atom stereocenters. The summed E-state index contributed by atoms with van der Waals surface area (Å²) in [5.41, 5.74) is 2.77. The van der Waals surface area contributed by atoms with Crippen LogP contribution in [0, 0.1) is 5.82 Å². The Bertz CT molecular complexity index is 899. The second kappa shape index (κ2) is 8.77. The Labute approximate surface area is 165 Å². The third-order valence-corrected chi connectivity index (χ3v) is 4.54. The smallest absolute Gasteiger partial charge is 0.175 e. The van der Waals surface area contributed by atoms with Gasteiger partial charge in [-0.2, -0.15) is 0 Å². The fourth-order valence-corrected chi connectivity index (χ4v) is 3.14. The van der Waals surface area contributed by atoms with Gasteiger partial charge in [0, 0.05) is 12.2 Å². The first-order valence-corrected chi connectivity index (χ1v) is 9.11. The van der Waals surface area contributed by atoms with Gasteiger partial charge in [0.2, 0.25) is 0 Å². The van der Waals surface area contributed by atoms with E-state index in [0.717, 1.165) is 21.3 Å². The maximum Gasteiger partial charge on any atom is 0.175 e. The van der Waals surface area contributed by atoms with Gasteiger partial charge in [-0.05, 0) is 75.6 Å². The van der Waals surface area contributed by atoms with Crippen LogP contribution in [-0.4, -0.2) is 12.2 Å². The average molecular weight is 432 g/mol. The predicted octanol–water partition coefficient (Wildman–Crippen LogP) is 5.49. The molecule has 0 aliphatic heterocycles. The van der Waals surface area contributed by atoms with Crippen molar-refractivity contribution in [2.45, 2.75) is 13.2 Å². The third-order valence-electron chi connectivity index (χ3n) is 3.95. The van der Waals surface area contributed by atoms with Crippen LogP contribution in [0.5, 0.6) is 17.2 Å². The molecule has 0 heterocycles. The fourth-order valence-electron chi connectivity index (χ4n) is 2.53. The molecule has 0 bridgehead atoms. The van der Waals surface area contributed by atoms with Crippen molar-refractivity contribution in [3.05, 3.63) is 82.1 Å². The van der Waals surface area contributed by atoms with Crippen LogP contribution in [0.25, 0.3) is 0 Å². The second-order valence-electron chi connectivity index (χ2n) is 5.92. The molecule has 0 unspecified atom stereocenters. The summed E-state index contributed by atoms with van der Waals surface area (Å²) in [5, 5.41) is 12.6. The number of hydrogen-bond donors (Lipinski definition) is 2. The molecule has 0 spiro atoms. The van der Waals surface area contributed by atoms with Crippen LogP contribution in [0.15, 0.2) is 65.1 Å². The molecule has 3 aromatic rings. The summed E-state index contributed by atoms with van der Waals surface area (Å²) in [4.78, 5) is 0. The Morgan fingerprint density at radius 1 is 1.00 bits per heavy atom. The molecule has 2 N–H and O–H groups in total. The summed E-state index contributed by atoms with van der Waals surface area (Å²) in [6.07, 6.45) is 0. The van der Waals surface area contributed by atoms with Crippen LogP contribution >= 0.6 is 15.9 Å². The molecule has 0 amide bonds. The lowest BCUT2D eigenvalue weighted by atomic mass is 10.2. The SMILES string of the molecule is COc1cc(CNc2ccc(O)cc2)cc(Br)c1OCc1ccc(F)cc1. The number of halogens is 2. The number of phenols is 1. The van der Waals surface area contributed by atoms with E-state index in [1.165, 1.54) is 12.1 Å². The minimum Gasteiger partial charge on any atom is -0.508 e. The van der Waals surface area contributed by atoms with E-state index in [9.17, 15) is 9.50 Å². The van der Waals surface area contributed by atoms with Crippen LogP contribution in [0.4, 0.5) is 10.1 Å². The normalized spacial score (nSPS) is 10.5. The molecule has 3 rings (SSSR count). The van der Waals surface area contributed by atoms with Crippen LogP contribution in [0.2, 0.25) is 0 Å². The van der Waals surface area contributed by atoms with Crippen LogP contribution in [0.3, 0.4) is 0 Å². The van der Waals surface area contributed by atoms with Crippen molar-refractivity contribution < 1.29 is 19.0 Å². The van der Waals surface area contributed by atoms with Crippen LogP contribution in [-0.2, 0) is 13.2 Å². The molecule has 0 aliphatic carbocycles. The second-order valence-corrected chi connectivity index (χ2v) is 6.78. The van der Waals surface area contributed by atoms with Gasteiger partial charge >= 0.3 is 0 Å². The van der Waals surface area contributed by atoms with Crippen molar-refractivity contribution in [3.8, 4) is 17.2 Å². The predicted molar refractivity (Wildman–Crippen MR) is 107 cm³/mol. The van der Waals surface area contributed by atoms with E-state index in [1.54, 1.807) is 31.4 Å². The molecular formula is C21H19BrFNO3. The van der Waals surface area contributed by atoms with Crippen molar-refractivity contribution in [2.24, 2.45) is 0 Å². The number of nitrogens with one attached hydrogen (secondary N) is 1. The lowest BCUT2D eigenvalue weighted by molar-refractivity contribution is 0.282. The van der Waals surface area contributed by atoms with Gasteiger partial charge in [0.1, 0.15) is 18.2 Å². The van der Waals surface area contributed by atoms with E-state index in [-0.39, 0.29) is 11.6 Å². The highest BCUT2D eigenvalue weighted by atomic mass is 79.9. The van der Waals surface area contributed by atoms with Gasteiger partial charge in [-0.15, -0.1) is 0 Å². The molecule has 4 nitrogen and oxygen atoms in total. The van der Waals surface area contributed by atoms with E-state index < -0.39 is 0 Å². The first-order chi connectivity index (χ1) is 13.0. The number of rotatable bonds is 7. The number of phenolic OH excluding ortho intramolecular Hbond substituents is 1. The summed E-state index contributed by atoms with van der Waals surface area (Å²) in [5.74, 6) is 1.15. The Morgan fingerprint density at radius 3 is 2.37 bits per heavy atom. The van der Waals surface area contributed by atoms with Gasteiger partial charge in [0.15, 0.2) is 11.5 Å². The maximum absolute atomic E-state index is 13.0. The van der Waals surface area contributed by atoms with Gasteiger partial charge in [0.25, 0.3) is 0 Å². The largest absolute Gasteiger partial charge is 0.508 e. The van der Waals surface area contributed by atoms with Crippen molar-refractivity contribution >= 4 is 21.6 Å². The molecule has 0 saturated heterocycles. The van der Waals surface area contributed by atoms with Gasteiger partial charge in [-0.1, -0.05) is 12.1 Å². The molecule has 140 valence electrons. The molecule has 0 radical (unpaired) electrons. The number of aromatic hydroxyl groups is 1. The van der Waals surface area contributed by atoms with Crippen molar-refractivity contribution in [1.82, 2.24) is 0 Å². The number of hydrogen-bond acceptors (Lipinski definition) is 4. The highest BCUT2D eigenvalue weighted by Gasteiger charge is 2.12. The zero-order valence-electron chi connectivity index (χ0n) is 14.7. The monoisotopic (exact) mass is 431 g/mol. The lowest BCUT2D eigenvalue weighted by Crippen LogP contribution is -2.02. The summed E-state index contributed by atoms with van der Waals surface area (Å²) < 4.78 is 25.1. The number of anilines is 1. The summed E-state index contributed by atoms with van der Waals surface area (Å²) in [7, 11) is 1.59. The van der Waals surface area contributed by atoms with E-state index in [1.807, 2.05) is 24.3 Å². The minimum atomic E-state index is -0.275. The van der Waals surface area contributed by atoms with Gasteiger partial charge in [-0.25, -0.2) is 4.39 Å². The average Bonchev–Trinajstić information content (AvgIpc) is 2.67. The molecule has 0 aliphatic rings. The number of ether oxygens (including phenoxy) is 2. The van der Waals surface area contributed by atoms with Crippen LogP contribution in [0.1, 0.15) is 11.1 Å². The number of benzene rings is 3. The zero-order valence-corrected chi connectivity index (χ0v) is 16.3. The van der Waals surface area contributed by atoms with Gasteiger partial charge in [0.05, 0.1) is 11.6 Å². The summed E-state index contributed by atoms with van der Waals surface area (Å²) in [6, 6.07) is 16.9. The Balaban J connectivity index is 1.70. The fraction of sp³-hybridized carbons (Fsp3) is 0.143. The van der Waals surface area contributed by atoms with Crippen molar-refractivity contribution in [2.75, 3.05) is 12.4 Å². The standard InChI is InChI=1S/C21H19BrFNO3/c1-26-20-11-15(12-24-17-6-8-18(25)9-7-17)10-19(22)21(20)27-13-14-2-4-16(23)5-3-14/h2-11,24-25H,12-13H2,1H3. The third kappa shape index (κ3) is 5.14. The molecule has 0 aromatic heterocycles. The molecule has 6 heteroatoms. The summed E-state index contributed by atoms with van der Waals surface area (Å²) >= 11 is 3.53. The van der Waals surface area contributed by atoms with Crippen LogP contribution < -0.4 is 14.8 Å². The Hall–Kier alpha value is -2.73. The molecule has 3 aromatic carbocycles. The topological polar surface area (TPSA) is 50.7 Å². The number of methoxy groups -OCH3 is 1. The van der Waals surface area contributed by atoms with E-state index in [0.29, 0.717) is 24.7 Å². The van der Waals surface area contributed by atoms with Gasteiger partial charge < -0.3 is 19.9 Å². The molecule has 0 fully saturated rings. The van der Waals surface area contributed by atoms with Crippen molar-refractivity contribution in [1.29, 1.82) is 0 Å². The Kier molecular flexibility index (Phi) is 6.19. The van der Waals surface area contributed by atoms with E-state index in [4.69, 9.17) is 9.47 Å². The highest BCUT2D eigenvalue weighted by Crippen LogP contribution is 2.37. The van der Waals surface area contributed by atoms with E-state index in [2.05, 4.69) is 21.2 Å². The lowest BCUT2D eigenvalue weighted by Gasteiger charge is -2.15. The highest BCUT2D eigenvalue weighted by molar-refractivity contribution is 9.10. The first kappa shape index (κ1) is 19.0. The minimum absolute atomic E-state index is 0.229. The molecular weight excluding hydrogens is 413 g/mol. The van der Waals surface area contributed by atoms with E-state index >= 15 is 0 Å². The van der Waals surface area contributed by atoms with Crippen molar-refractivity contribution in [3.63, 3.8) is 0 Å².